The van der Waals surface area contributed by atoms with Gasteiger partial charge in [0.25, 0.3) is 0 Å². The molecular weight excluding hydrogens is 238 g/mol. The predicted octanol–water partition coefficient (Wildman–Crippen LogP) is 1.87. The van der Waals surface area contributed by atoms with Crippen molar-refractivity contribution in [1.29, 1.82) is 0 Å². The molecule has 0 saturated carbocycles. The second-order valence-electron chi connectivity index (χ2n) is 3.57. The largest absolute Gasteiger partial charge is 0.476 e. The second kappa shape index (κ2) is 4.92. The Morgan fingerprint density at radius 1 is 1.41 bits per heavy atom. The number of hydrogen-bond acceptors (Lipinski definition) is 5. The van der Waals surface area contributed by atoms with Crippen molar-refractivity contribution in [2.24, 2.45) is 0 Å². The molecule has 0 amide bonds. The number of thiophene rings is 1. The molecule has 0 fully saturated rings. The highest BCUT2D eigenvalue weighted by atomic mass is 32.1. The molecule has 0 atom stereocenters. The quantitative estimate of drug-likeness (QED) is 0.896. The summed E-state index contributed by atoms with van der Waals surface area (Å²) in [4.78, 5) is 12.5. The molecule has 0 bridgehead atoms. The summed E-state index contributed by atoms with van der Waals surface area (Å²) in [7, 11) is 1.89. The Labute approximate surface area is 102 Å². The van der Waals surface area contributed by atoms with Crippen molar-refractivity contribution in [1.82, 2.24) is 10.2 Å². The first-order valence-corrected chi connectivity index (χ1v) is 5.90. The minimum absolute atomic E-state index is 0.0438. The fourth-order valence-electron chi connectivity index (χ4n) is 1.38. The lowest BCUT2D eigenvalue weighted by Crippen LogP contribution is -2.18. The Balaban J connectivity index is 2.09. The van der Waals surface area contributed by atoms with E-state index in [-0.39, 0.29) is 5.69 Å². The minimum atomic E-state index is -1.07. The van der Waals surface area contributed by atoms with Crippen LogP contribution < -0.4 is 4.90 Å². The molecule has 0 aliphatic carbocycles. The van der Waals surface area contributed by atoms with E-state index in [0.717, 1.165) is 6.54 Å². The Bertz CT molecular complexity index is 496. The average molecular weight is 249 g/mol. The van der Waals surface area contributed by atoms with Gasteiger partial charge in [0.05, 0.1) is 0 Å². The summed E-state index contributed by atoms with van der Waals surface area (Å²) in [5.74, 6) is -0.411. The zero-order valence-electron chi connectivity index (χ0n) is 9.20. The smallest absolute Gasteiger partial charge is 0.356 e. The third kappa shape index (κ3) is 2.79. The van der Waals surface area contributed by atoms with E-state index >= 15 is 0 Å². The first-order chi connectivity index (χ1) is 8.16. The van der Waals surface area contributed by atoms with Crippen molar-refractivity contribution in [2.75, 3.05) is 11.9 Å². The number of hydrogen-bond donors (Lipinski definition) is 1. The number of carboxylic acids is 1. The van der Waals surface area contributed by atoms with Gasteiger partial charge in [-0.2, -0.15) is 11.3 Å². The minimum Gasteiger partial charge on any atom is -0.476 e. The van der Waals surface area contributed by atoms with Crippen LogP contribution in [0.15, 0.2) is 29.0 Å². The molecule has 17 heavy (non-hydrogen) atoms. The standard InChI is InChI=1S/C11H11N3O2S/c1-14(6-8-4-5-17-7-8)10-3-2-9(11(15)16)12-13-10/h2-5,7H,6H2,1H3,(H,15,16). The molecule has 2 rings (SSSR count). The second-order valence-corrected chi connectivity index (χ2v) is 4.35. The maximum Gasteiger partial charge on any atom is 0.356 e. The first-order valence-electron chi connectivity index (χ1n) is 4.96. The highest BCUT2D eigenvalue weighted by molar-refractivity contribution is 7.07. The van der Waals surface area contributed by atoms with Gasteiger partial charge in [0.1, 0.15) is 0 Å². The van der Waals surface area contributed by atoms with Crippen molar-refractivity contribution >= 4 is 23.1 Å². The maximum atomic E-state index is 10.6. The van der Waals surface area contributed by atoms with Crippen molar-refractivity contribution in [3.63, 3.8) is 0 Å². The Morgan fingerprint density at radius 3 is 2.76 bits per heavy atom. The summed E-state index contributed by atoms with van der Waals surface area (Å²) in [6.45, 7) is 0.727. The van der Waals surface area contributed by atoms with Crippen LogP contribution in [-0.4, -0.2) is 28.3 Å². The van der Waals surface area contributed by atoms with Crippen LogP contribution in [0.1, 0.15) is 16.1 Å². The van der Waals surface area contributed by atoms with Crippen LogP contribution in [0.25, 0.3) is 0 Å². The van der Waals surface area contributed by atoms with Gasteiger partial charge in [-0.05, 0) is 34.5 Å². The highest BCUT2D eigenvalue weighted by Gasteiger charge is 2.08. The molecule has 2 heterocycles. The molecule has 0 spiro atoms. The van der Waals surface area contributed by atoms with Gasteiger partial charge in [-0.3, -0.25) is 0 Å². The Morgan fingerprint density at radius 2 is 2.24 bits per heavy atom. The molecule has 2 aromatic heterocycles. The number of carboxylic acid groups (broad SMARTS) is 1. The molecule has 0 aromatic carbocycles. The highest BCUT2D eigenvalue weighted by Crippen LogP contribution is 2.13. The van der Waals surface area contributed by atoms with Crippen LogP contribution in [0.3, 0.4) is 0 Å². The normalized spacial score (nSPS) is 10.2. The average Bonchev–Trinajstić information content (AvgIpc) is 2.82. The fourth-order valence-corrected chi connectivity index (χ4v) is 2.04. The van der Waals surface area contributed by atoms with Gasteiger partial charge in [0.2, 0.25) is 0 Å². The van der Waals surface area contributed by atoms with Gasteiger partial charge in [-0.25, -0.2) is 4.79 Å². The van der Waals surface area contributed by atoms with Gasteiger partial charge >= 0.3 is 5.97 Å². The van der Waals surface area contributed by atoms with Crippen molar-refractivity contribution in [3.8, 4) is 0 Å². The van der Waals surface area contributed by atoms with E-state index in [9.17, 15) is 4.79 Å². The van der Waals surface area contributed by atoms with Gasteiger partial charge in [0, 0.05) is 13.6 Å². The van der Waals surface area contributed by atoms with E-state index in [0.29, 0.717) is 5.82 Å². The topological polar surface area (TPSA) is 66.3 Å². The Hall–Kier alpha value is -1.95. The van der Waals surface area contributed by atoms with E-state index in [2.05, 4.69) is 15.6 Å². The lowest BCUT2D eigenvalue weighted by atomic mass is 10.3. The molecule has 5 nitrogen and oxygen atoms in total. The zero-order valence-corrected chi connectivity index (χ0v) is 10.0. The number of rotatable bonds is 4. The molecule has 0 radical (unpaired) electrons. The predicted molar refractivity (Wildman–Crippen MR) is 65.4 cm³/mol. The number of carbonyl (C=O) groups is 1. The lowest BCUT2D eigenvalue weighted by molar-refractivity contribution is 0.0689. The van der Waals surface area contributed by atoms with Crippen LogP contribution in [-0.2, 0) is 6.54 Å². The van der Waals surface area contributed by atoms with Gasteiger partial charge in [-0.1, -0.05) is 0 Å². The summed E-state index contributed by atoms with van der Waals surface area (Å²) in [6.07, 6.45) is 0. The fraction of sp³-hybridized carbons (Fsp3) is 0.182. The molecule has 0 saturated heterocycles. The van der Waals surface area contributed by atoms with Crippen molar-refractivity contribution in [3.05, 3.63) is 40.2 Å². The van der Waals surface area contributed by atoms with E-state index in [4.69, 9.17) is 5.11 Å². The van der Waals surface area contributed by atoms with Crippen LogP contribution in [0.2, 0.25) is 0 Å². The maximum absolute atomic E-state index is 10.6. The van der Waals surface area contributed by atoms with E-state index in [1.165, 1.54) is 11.6 Å². The lowest BCUT2D eigenvalue weighted by Gasteiger charge is -2.16. The molecule has 0 aliphatic heterocycles. The van der Waals surface area contributed by atoms with Crippen LogP contribution in [0.5, 0.6) is 0 Å². The third-order valence-corrected chi connectivity index (χ3v) is 2.99. The summed E-state index contributed by atoms with van der Waals surface area (Å²) >= 11 is 1.64. The zero-order chi connectivity index (χ0) is 12.3. The van der Waals surface area contributed by atoms with E-state index in [1.54, 1.807) is 17.4 Å². The summed E-state index contributed by atoms with van der Waals surface area (Å²) < 4.78 is 0. The summed E-state index contributed by atoms with van der Waals surface area (Å²) in [6, 6.07) is 5.15. The number of aromatic nitrogens is 2. The monoisotopic (exact) mass is 249 g/mol. The van der Waals surface area contributed by atoms with Crippen LogP contribution >= 0.6 is 11.3 Å². The SMILES string of the molecule is CN(Cc1ccsc1)c1ccc(C(=O)O)nn1. The number of anilines is 1. The Kier molecular flexibility index (Phi) is 3.34. The molecule has 1 N–H and O–H groups in total. The van der Waals surface area contributed by atoms with Gasteiger partial charge in [-0.15, -0.1) is 10.2 Å². The number of nitrogens with zero attached hydrogens (tertiary/aromatic N) is 3. The summed E-state index contributed by atoms with van der Waals surface area (Å²) in [5, 5.41) is 20.3. The molecule has 2 aromatic rings. The molecule has 88 valence electrons. The molecule has 0 unspecified atom stereocenters. The van der Waals surface area contributed by atoms with Crippen molar-refractivity contribution in [2.45, 2.75) is 6.54 Å². The first kappa shape index (κ1) is 11.5. The molecular formula is C11H11N3O2S. The van der Waals surface area contributed by atoms with Gasteiger partial charge < -0.3 is 10.0 Å². The molecule has 6 heteroatoms. The van der Waals surface area contributed by atoms with E-state index < -0.39 is 5.97 Å². The molecule has 0 aliphatic rings. The number of aromatic carboxylic acids is 1. The van der Waals surface area contributed by atoms with Gasteiger partial charge in [0.15, 0.2) is 11.5 Å². The third-order valence-electron chi connectivity index (χ3n) is 2.26. The summed E-state index contributed by atoms with van der Waals surface area (Å²) in [5.41, 5.74) is 1.15. The van der Waals surface area contributed by atoms with Crippen LogP contribution in [0.4, 0.5) is 5.82 Å². The van der Waals surface area contributed by atoms with E-state index in [1.807, 2.05) is 23.4 Å². The van der Waals surface area contributed by atoms with Crippen molar-refractivity contribution < 1.29 is 9.90 Å². The van der Waals surface area contributed by atoms with Crippen LogP contribution in [0, 0.1) is 0 Å².